The number of methoxy groups -OCH3 is 1. The van der Waals surface area contributed by atoms with Crippen molar-refractivity contribution in [2.24, 2.45) is 0 Å². The second kappa shape index (κ2) is 4.42. The average Bonchev–Trinajstić information content (AvgIpc) is 2.95. The molecule has 2 aromatic rings. The Kier molecular flexibility index (Phi) is 2.86. The molecule has 102 valence electrons. The lowest BCUT2D eigenvalue weighted by atomic mass is 10.0. The van der Waals surface area contributed by atoms with E-state index in [9.17, 15) is 0 Å². The number of nitrogens with two attached hydrogens (primary N) is 1. The fraction of sp³-hybridized carbons (Fsp3) is 0.500. The van der Waals surface area contributed by atoms with Crippen LogP contribution in [0.5, 0.6) is 5.75 Å². The van der Waals surface area contributed by atoms with Crippen LogP contribution in [-0.2, 0) is 11.3 Å². The molecule has 1 fully saturated rings. The Hall–Kier alpha value is -1.75. The summed E-state index contributed by atoms with van der Waals surface area (Å²) in [5, 5.41) is 0. The molecule has 19 heavy (non-hydrogen) atoms. The highest BCUT2D eigenvalue weighted by Crippen LogP contribution is 2.30. The van der Waals surface area contributed by atoms with Crippen LogP contribution in [0.2, 0.25) is 0 Å². The molecule has 1 unspecified atom stereocenters. The summed E-state index contributed by atoms with van der Waals surface area (Å²) >= 11 is 0. The number of rotatable bonds is 3. The SMILES string of the molecule is COc1ccc2nc(N)n(CC3(C)CCCO3)c2c1. The van der Waals surface area contributed by atoms with Gasteiger partial charge in [-0.2, -0.15) is 0 Å². The number of fused-ring (bicyclic) bond motifs is 1. The van der Waals surface area contributed by atoms with Gasteiger partial charge < -0.3 is 19.8 Å². The number of nitrogens with zero attached hydrogens (tertiary/aromatic N) is 2. The first-order chi connectivity index (χ1) is 9.11. The van der Waals surface area contributed by atoms with Crippen LogP contribution in [0.3, 0.4) is 0 Å². The zero-order valence-corrected chi connectivity index (χ0v) is 11.3. The minimum atomic E-state index is -0.148. The van der Waals surface area contributed by atoms with Crippen molar-refractivity contribution < 1.29 is 9.47 Å². The van der Waals surface area contributed by atoms with E-state index in [0.29, 0.717) is 5.95 Å². The van der Waals surface area contributed by atoms with Crippen molar-refractivity contribution in [1.29, 1.82) is 0 Å². The molecule has 1 aliphatic rings. The van der Waals surface area contributed by atoms with Crippen LogP contribution in [-0.4, -0.2) is 28.9 Å². The number of ether oxygens (including phenoxy) is 2. The molecule has 1 saturated heterocycles. The van der Waals surface area contributed by atoms with Crippen molar-refractivity contribution in [3.63, 3.8) is 0 Å². The normalized spacial score (nSPS) is 23.1. The van der Waals surface area contributed by atoms with E-state index in [4.69, 9.17) is 15.2 Å². The third-order valence-electron chi connectivity index (χ3n) is 3.78. The zero-order chi connectivity index (χ0) is 13.5. The smallest absolute Gasteiger partial charge is 0.201 e. The van der Waals surface area contributed by atoms with Gasteiger partial charge in [-0.1, -0.05) is 0 Å². The van der Waals surface area contributed by atoms with E-state index >= 15 is 0 Å². The first-order valence-electron chi connectivity index (χ1n) is 6.55. The van der Waals surface area contributed by atoms with Crippen molar-refractivity contribution in [1.82, 2.24) is 9.55 Å². The van der Waals surface area contributed by atoms with E-state index in [0.717, 1.165) is 42.8 Å². The molecule has 2 heterocycles. The number of benzene rings is 1. The molecule has 1 atom stereocenters. The number of anilines is 1. The van der Waals surface area contributed by atoms with E-state index in [2.05, 4.69) is 11.9 Å². The van der Waals surface area contributed by atoms with E-state index in [1.165, 1.54) is 0 Å². The summed E-state index contributed by atoms with van der Waals surface area (Å²) in [7, 11) is 1.66. The Labute approximate surface area is 112 Å². The number of aromatic nitrogens is 2. The zero-order valence-electron chi connectivity index (χ0n) is 11.3. The molecule has 3 rings (SSSR count). The standard InChI is InChI=1S/C14H19N3O2/c1-14(6-3-7-19-14)9-17-12-8-10(18-2)4-5-11(12)16-13(17)15/h4-5,8H,3,6-7,9H2,1-2H3,(H2,15,16). The fourth-order valence-electron chi connectivity index (χ4n) is 2.71. The molecular formula is C14H19N3O2. The molecule has 1 aromatic carbocycles. The summed E-state index contributed by atoms with van der Waals surface area (Å²) in [5.74, 6) is 1.34. The van der Waals surface area contributed by atoms with Crippen LogP contribution in [0.15, 0.2) is 18.2 Å². The van der Waals surface area contributed by atoms with Gasteiger partial charge in [-0.05, 0) is 31.9 Å². The topological polar surface area (TPSA) is 62.3 Å². The highest BCUT2D eigenvalue weighted by atomic mass is 16.5. The summed E-state index contributed by atoms with van der Waals surface area (Å²) in [6.07, 6.45) is 2.16. The molecule has 5 heteroatoms. The first-order valence-corrected chi connectivity index (χ1v) is 6.55. The third kappa shape index (κ3) is 2.14. The lowest BCUT2D eigenvalue weighted by molar-refractivity contribution is 0.00750. The number of nitrogen functional groups attached to an aromatic ring is 1. The van der Waals surface area contributed by atoms with Gasteiger partial charge in [-0.3, -0.25) is 0 Å². The first kappa shape index (κ1) is 12.3. The summed E-state index contributed by atoms with van der Waals surface area (Å²) in [6.45, 7) is 3.68. The molecule has 0 amide bonds. The van der Waals surface area contributed by atoms with Crippen molar-refractivity contribution in [3.05, 3.63) is 18.2 Å². The van der Waals surface area contributed by atoms with Gasteiger partial charge >= 0.3 is 0 Å². The third-order valence-corrected chi connectivity index (χ3v) is 3.78. The lowest BCUT2D eigenvalue weighted by Crippen LogP contribution is -2.30. The maximum absolute atomic E-state index is 6.04. The van der Waals surface area contributed by atoms with Gasteiger partial charge in [0.2, 0.25) is 5.95 Å². The maximum atomic E-state index is 6.04. The summed E-state index contributed by atoms with van der Waals surface area (Å²) in [5.41, 5.74) is 7.77. The Morgan fingerprint density at radius 3 is 3.05 bits per heavy atom. The number of hydrogen-bond acceptors (Lipinski definition) is 4. The molecule has 0 saturated carbocycles. The summed E-state index contributed by atoms with van der Waals surface area (Å²) in [6, 6.07) is 5.79. The van der Waals surface area contributed by atoms with Crippen molar-refractivity contribution in [2.45, 2.75) is 31.9 Å². The second-order valence-corrected chi connectivity index (χ2v) is 5.31. The highest BCUT2D eigenvalue weighted by Gasteiger charge is 2.31. The molecular weight excluding hydrogens is 242 g/mol. The molecule has 1 aliphatic heterocycles. The number of hydrogen-bond donors (Lipinski definition) is 1. The Morgan fingerprint density at radius 1 is 1.53 bits per heavy atom. The Balaban J connectivity index is 2.03. The predicted octanol–water partition coefficient (Wildman–Crippen LogP) is 2.20. The van der Waals surface area contributed by atoms with Gasteiger partial charge in [0.1, 0.15) is 5.75 Å². The van der Waals surface area contributed by atoms with Crippen LogP contribution in [0, 0.1) is 0 Å². The molecule has 0 bridgehead atoms. The van der Waals surface area contributed by atoms with Crippen LogP contribution >= 0.6 is 0 Å². The van der Waals surface area contributed by atoms with Crippen LogP contribution < -0.4 is 10.5 Å². The van der Waals surface area contributed by atoms with Gasteiger partial charge in [0.15, 0.2) is 0 Å². The minimum absolute atomic E-state index is 0.148. The van der Waals surface area contributed by atoms with Crippen LogP contribution in [0.1, 0.15) is 19.8 Å². The monoisotopic (exact) mass is 261 g/mol. The highest BCUT2D eigenvalue weighted by molar-refractivity contribution is 5.79. The van der Waals surface area contributed by atoms with Gasteiger partial charge in [-0.25, -0.2) is 4.98 Å². The maximum Gasteiger partial charge on any atom is 0.201 e. The van der Waals surface area contributed by atoms with Gasteiger partial charge in [0.25, 0.3) is 0 Å². The van der Waals surface area contributed by atoms with Crippen molar-refractivity contribution in [2.75, 3.05) is 19.5 Å². The summed E-state index contributed by atoms with van der Waals surface area (Å²) in [4.78, 5) is 4.39. The Bertz CT molecular complexity index is 600. The van der Waals surface area contributed by atoms with Crippen LogP contribution in [0.4, 0.5) is 5.95 Å². The predicted molar refractivity (Wildman–Crippen MR) is 74.3 cm³/mol. The molecule has 5 nitrogen and oxygen atoms in total. The fourth-order valence-corrected chi connectivity index (χ4v) is 2.71. The second-order valence-electron chi connectivity index (χ2n) is 5.31. The van der Waals surface area contributed by atoms with Crippen molar-refractivity contribution >= 4 is 17.0 Å². The molecule has 1 aromatic heterocycles. The molecule has 0 radical (unpaired) electrons. The van der Waals surface area contributed by atoms with Crippen LogP contribution in [0.25, 0.3) is 11.0 Å². The quantitative estimate of drug-likeness (QED) is 0.920. The van der Waals surface area contributed by atoms with Gasteiger partial charge in [-0.15, -0.1) is 0 Å². The Morgan fingerprint density at radius 2 is 2.37 bits per heavy atom. The average molecular weight is 261 g/mol. The molecule has 0 spiro atoms. The molecule has 0 aliphatic carbocycles. The molecule has 2 N–H and O–H groups in total. The van der Waals surface area contributed by atoms with Gasteiger partial charge in [0, 0.05) is 12.7 Å². The summed E-state index contributed by atoms with van der Waals surface area (Å²) < 4.78 is 13.1. The lowest BCUT2D eigenvalue weighted by Gasteiger charge is -2.24. The van der Waals surface area contributed by atoms with Gasteiger partial charge in [0.05, 0.1) is 30.3 Å². The van der Waals surface area contributed by atoms with E-state index in [-0.39, 0.29) is 5.60 Å². The largest absolute Gasteiger partial charge is 0.497 e. The van der Waals surface area contributed by atoms with E-state index in [1.807, 2.05) is 22.8 Å². The minimum Gasteiger partial charge on any atom is -0.497 e. The van der Waals surface area contributed by atoms with E-state index < -0.39 is 0 Å². The van der Waals surface area contributed by atoms with Crippen molar-refractivity contribution in [3.8, 4) is 5.75 Å². The van der Waals surface area contributed by atoms with E-state index in [1.54, 1.807) is 7.11 Å². The number of imidazole rings is 1.